The third kappa shape index (κ3) is 42.1. The molecule has 0 saturated carbocycles. The number of carbonyl (C=O) groups is 2. The number of likely N-dealkylation sites (N-methyl/N-ethyl adjacent to an activating group) is 1. The number of esters is 2. The molecular formula is C46H89NO8P+. The minimum Gasteiger partial charge on any atom is -0.462 e. The number of phosphoric acid groups is 1. The molecule has 2 atom stereocenters. The summed E-state index contributed by atoms with van der Waals surface area (Å²) >= 11 is 0. The van der Waals surface area contributed by atoms with Crippen LogP contribution in [0.2, 0.25) is 0 Å². The van der Waals surface area contributed by atoms with Crippen molar-refractivity contribution in [1.29, 1.82) is 0 Å². The molecule has 56 heavy (non-hydrogen) atoms. The fourth-order valence-corrected chi connectivity index (χ4v) is 7.08. The van der Waals surface area contributed by atoms with Crippen LogP contribution in [0.3, 0.4) is 0 Å². The van der Waals surface area contributed by atoms with Crippen molar-refractivity contribution >= 4 is 19.8 Å². The average Bonchev–Trinajstić information content (AvgIpc) is 3.15. The SMILES string of the molecule is CCCCC/C=C\C/C=C\CCCCCCCCCCCC(=O)OC[C@H](COP(=O)(O)OCC[N+](C)(C)C)OC(=O)CCCCCCCCCCCCCCC. The van der Waals surface area contributed by atoms with Crippen LogP contribution in [0.1, 0.15) is 206 Å². The Morgan fingerprint density at radius 2 is 0.964 bits per heavy atom. The smallest absolute Gasteiger partial charge is 0.462 e. The van der Waals surface area contributed by atoms with E-state index in [9.17, 15) is 19.0 Å². The van der Waals surface area contributed by atoms with Gasteiger partial charge in [-0.25, -0.2) is 4.57 Å². The van der Waals surface area contributed by atoms with Gasteiger partial charge in [0.05, 0.1) is 27.7 Å². The number of nitrogens with zero attached hydrogens (tertiary/aromatic N) is 1. The lowest BCUT2D eigenvalue weighted by Crippen LogP contribution is -2.37. The molecule has 0 aliphatic carbocycles. The van der Waals surface area contributed by atoms with Gasteiger partial charge in [-0.2, -0.15) is 0 Å². The van der Waals surface area contributed by atoms with E-state index in [-0.39, 0.29) is 32.0 Å². The van der Waals surface area contributed by atoms with Crippen LogP contribution >= 0.6 is 7.82 Å². The van der Waals surface area contributed by atoms with Crippen LogP contribution in [0.15, 0.2) is 24.3 Å². The molecule has 0 amide bonds. The van der Waals surface area contributed by atoms with Crippen LogP contribution in [-0.4, -0.2) is 74.9 Å². The summed E-state index contributed by atoms with van der Waals surface area (Å²) in [7, 11) is 1.48. The second kappa shape index (κ2) is 39.0. The number of hydrogen-bond donors (Lipinski definition) is 1. The molecule has 0 spiro atoms. The van der Waals surface area contributed by atoms with E-state index in [1.807, 2.05) is 21.1 Å². The summed E-state index contributed by atoms with van der Waals surface area (Å²) in [6, 6.07) is 0. The van der Waals surface area contributed by atoms with Gasteiger partial charge >= 0.3 is 19.8 Å². The monoisotopic (exact) mass is 815 g/mol. The van der Waals surface area contributed by atoms with Gasteiger partial charge in [-0.15, -0.1) is 0 Å². The van der Waals surface area contributed by atoms with Crippen molar-refractivity contribution in [3.8, 4) is 0 Å². The minimum atomic E-state index is -4.37. The molecule has 0 rings (SSSR count). The molecule has 1 N–H and O–H groups in total. The fourth-order valence-electron chi connectivity index (χ4n) is 6.34. The number of unbranched alkanes of at least 4 members (excludes halogenated alkanes) is 24. The zero-order chi connectivity index (χ0) is 41.4. The Kier molecular flexibility index (Phi) is 37.9. The number of ether oxygens (including phenoxy) is 2. The number of allylic oxidation sites excluding steroid dienone is 4. The van der Waals surface area contributed by atoms with Gasteiger partial charge in [0, 0.05) is 12.8 Å². The number of rotatable bonds is 42. The standard InChI is InChI=1S/C46H88NO8P/c1-6-8-10-12-14-16-18-20-21-22-23-24-25-27-28-30-32-34-36-38-45(48)52-42-44(43-54-56(50,51)53-41-40-47(3,4)5)55-46(49)39-37-35-33-31-29-26-19-17-15-13-11-9-7-2/h14,16,20-21,44H,6-13,15,17-19,22-43H2,1-5H3/p+1/b16-14-,21-20-/t44-/m1/s1. The normalized spacial score (nSPS) is 13.8. The maximum Gasteiger partial charge on any atom is 0.472 e. The van der Waals surface area contributed by atoms with E-state index in [0.29, 0.717) is 17.4 Å². The largest absolute Gasteiger partial charge is 0.472 e. The predicted molar refractivity (Wildman–Crippen MR) is 234 cm³/mol. The van der Waals surface area contributed by atoms with Crippen molar-refractivity contribution in [2.24, 2.45) is 0 Å². The van der Waals surface area contributed by atoms with Crippen molar-refractivity contribution in [2.75, 3.05) is 47.5 Å². The molecule has 0 aromatic heterocycles. The van der Waals surface area contributed by atoms with Gasteiger partial charge in [-0.1, -0.05) is 173 Å². The Bertz CT molecular complexity index is 1010. The van der Waals surface area contributed by atoms with Crippen LogP contribution in [0.4, 0.5) is 0 Å². The van der Waals surface area contributed by atoms with E-state index in [2.05, 4.69) is 38.2 Å². The van der Waals surface area contributed by atoms with Crippen LogP contribution in [-0.2, 0) is 32.7 Å². The van der Waals surface area contributed by atoms with E-state index in [1.54, 1.807) is 0 Å². The number of carbonyl (C=O) groups excluding carboxylic acids is 2. The number of quaternary nitrogens is 1. The Labute approximate surface area is 345 Å². The summed E-state index contributed by atoms with van der Waals surface area (Å²) in [4.78, 5) is 35.4. The molecule has 0 aromatic carbocycles. The molecule has 0 aliphatic rings. The van der Waals surface area contributed by atoms with Gasteiger partial charge in [0.25, 0.3) is 0 Å². The average molecular weight is 815 g/mol. The van der Waals surface area contributed by atoms with Crippen LogP contribution in [0.25, 0.3) is 0 Å². The third-order valence-electron chi connectivity index (χ3n) is 9.98. The third-order valence-corrected chi connectivity index (χ3v) is 11.0. The van der Waals surface area contributed by atoms with Crippen LogP contribution < -0.4 is 0 Å². The molecule has 0 fully saturated rings. The van der Waals surface area contributed by atoms with E-state index < -0.39 is 26.5 Å². The fraction of sp³-hybridized carbons (Fsp3) is 0.870. The highest BCUT2D eigenvalue weighted by atomic mass is 31.2. The zero-order valence-electron chi connectivity index (χ0n) is 37.1. The Morgan fingerprint density at radius 3 is 1.45 bits per heavy atom. The van der Waals surface area contributed by atoms with Crippen LogP contribution in [0.5, 0.6) is 0 Å². The molecule has 0 bridgehead atoms. The Morgan fingerprint density at radius 1 is 0.554 bits per heavy atom. The molecule has 0 aromatic rings. The predicted octanol–water partition coefficient (Wildman–Crippen LogP) is 13.1. The second-order valence-electron chi connectivity index (χ2n) is 16.8. The summed E-state index contributed by atoms with van der Waals surface area (Å²) in [5.74, 6) is -0.796. The molecule has 9 nitrogen and oxygen atoms in total. The van der Waals surface area contributed by atoms with Gasteiger partial charge in [0.2, 0.25) is 0 Å². The lowest BCUT2D eigenvalue weighted by Gasteiger charge is -2.24. The summed E-state index contributed by atoms with van der Waals surface area (Å²) in [5.41, 5.74) is 0. The summed E-state index contributed by atoms with van der Waals surface area (Å²) in [5, 5.41) is 0. The summed E-state index contributed by atoms with van der Waals surface area (Å²) in [6.07, 6.45) is 42.2. The van der Waals surface area contributed by atoms with Crippen molar-refractivity contribution in [1.82, 2.24) is 0 Å². The van der Waals surface area contributed by atoms with Gasteiger partial charge in [0.1, 0.15) is 19.8 Å². The Hall–Kier alpha value is -1.51. The van der Waals surface area contributed by atoms with E-state index in [1.165, 1.54) is 135 Å². The van der Waals surface area contributed by atoms with E-state index >= 15 is 0 Å². The molecule has 1 unspecified atom stereocenters. The van der Waals surface area contributed by atoms with Gasteiger partial charge in [0.15, 0.2) is 6.10 Å². The number of phosphoric ester groups is 1. The van der Waals surface area contributed by atoms with Crippen LogP contribution in [0, 0.1) is 0 Å². The van der Waals surface area contributed by atoms with E-state index in [0.717, 1.165) is 38.5 Å². The molecule has 0 radical (unpaired) electrons. The van der Waals surface area contributed by atoms with E-state index in [4.69, 9.17) is 18.5 Å². The maximum absolute atomic E-state index is 12.7. The quantitative estimate of drug-likeness (QED) is 0.0213. The van der Waals surface area contributed by atoms with Crippen molar-refractivity contribution in [2.45, 2.75) is 213 Å². The minimum absolute atomic E-state index is 0.0331. The zero-order valence-corrected chi connectivity index (χ0v) is 38.0. The van der Waals surface area contributed by atoms with Gasteiger partial charge in [-0.05, 0) is 44.9 Å². The second-order valence-corrected chi connectivity index (χ2v) is 18.2. The van der Waals surface area contributed by atoms with Crippen molar-refractivity contribution < 1.29 is 42.1 Å². The van der Waals surface area contributed by atoms with Gasteiger partial charge in [-0.3, -0.25) is 18.6 Å². The lowest BCUT2D eigenvalue weighted by molar-refractivity contribution is -0.870. The van der Waals surface area contributed by atoms with Gasteiger partial charge < -0.3 is 18.9 Å². The molecule has 0 aliphatic heterocycles. The van der Waals surface area contributed by atoms with Crippen molar-refractivity contribution in [3.63, 3.8) is 0 Å². The Balaban J connectivity index is 4.28. The summed E-state index contributed by atoms with van der Waals surface area (Å²) in [6.45, 7) is 4.41. The summed E-state index contributed by atoms with van der Waals surface area (Å²) < 4.78 is 34.3. The first-order valence-corrected chi connectivity index (χ1v) is 24.6. The molecule has 0 saturated heterocycles. The highest BCUT2D eigenvalue weighted by Crippen LogP contribution is 2.43. The first-order valence-electron chi connectivity index (χ1n) is 23.1. The maximum atomic E-state index is 12.7. The van der Waals surface area contributed by atoms with Crippen molar-refractivity contribution in [3.05, 3.63) is 24.3 Å². The number of hydrogen-bond acceptors (Lipinski definition) is 7. The first-order chi connectivity index (χ1) is 27.0. The first kappa shape index (κ1) is 54.5. The lowest BCUT2D eigenvalue weighted by atomic mass is 10.0. The molecule has 0 heterocycles. The molecule has 330 valence electrons. The highest BCUT2D eigenvalue weighted by molar-refractivity contribution is 7.47. The topological polar surface area (TPSA) is 108 Å². The molecular weight excluding hydrogens is 725 g/mol. The molecule has 10 heteroatoms. The highest BCUT2D eigenvalue weighted by Gasteiger charge is 2.27.